The summed E-state index contributed by atoms with van der Waals surface area (Å²) in [6.07, 6.45) is 0.553. The summed E-state index contributed by atoms with van der Waals surface area (Å²) in [7, 11) is 1.48. The minimum absolute atomic E-state index is 0.0404. The van der Waals surface area contributed by atoms with Crippen LogP contribution in [-0.4, -0.2) is 24.1 Å². The van der Waals surface area contributed by atoms with Gasteiger partial charge in [0.1, 0.15) is 5.75 Å². The number of methoxy groups -OCH3 is 1. The largest absolute Gasteiger partial charge is 0.496 e. The molecule has 2 aromatic rings. The van der Waals surface area contributed by atoms with Crippen LogP contribution in [0.3, 0.4) is 0 Å². The molecule has 0 aliphatic heterocycles. The molecule has 0 atom stereocenters. The standard InChI is InChI=1S/C17H16ClNO4/c1-3-10-8-11(9-13(15(10)18)17(21)22)19-16(20)12-6-4-5-7-14(12)23-2/h4-9H,3H2,1-2H3,(H,19,20)(H,21,22). The van der Waals surface area contributed by atoms with Crippen molar-refractivity contribution >= 4 is 29.2 Å². The number of benzene rings is 2. The molecule has 120 valence electrons. The highest BCUT2D eigenvalue weighted by atomic mass is 35.5. The predicted molar refractivity (Wildman–Crippen MR) is 88.7 cm³/mol. The van der Waals surface area contributed by atoms with Crippen molar-refractivity contribution in [2.24, 2.45) is 0 Å². The van der Waals surface area contributed by atoms with Crippen LogP contribution in [0.2, 0.25) is 5.02 Å². The lowest BCUT2D eigenvalue weighted by atomic mass is 10.1. The highest BCUT2D eigenvalue weighted by Crippen LogP contribution is 2.27. The number of rotatable bonds is 5. The quantitative estimate of drug-likeness (QED) is 0.871. The van der Waals surface area contributed by atoms with Crippen LogP contribution in [0.5, 0.6) is 5.75 Å². The van der Waals surface area contributed by atoms with E-state index in [9.17, 15) is 14.7 Å². The molecule has 0 aromatic heterocycles. The molecule has 0 saturated heterocycles. The first-order valence-corrected chi connectivity index (χ1v) is 7.35. The number of anilines is 1. The third kappa shape index (κ3) is 3.63. The molecule has 23 heavy (non-hydrogen) atoms. The van der Waals surface area contributed by atoms with Crippen LogP contribution in [0.1, 0.15) is 33.2 Å². The summed E-state index contributed by atoms with van der Waals surface area (Å²) in [5.74, 6) is -1.09. The lowest BCUT2D eigenvalue weighted by Gasteiger charge is -2.12. The fraction of sp³-hybridized carbons (Fsp3) is 0.176. The number of aryl methyl sites for hydroxylation is 1. The molecule has 2 rings (SSSR count). The number of para-hydroxylation sites is 1. The van der Waals surface area contributed by atoms with Crippen molar-refractivity contribution in [1.29, 1.82) is 0 Å². The highest BCUT2D eigenvalue weighted by Gasteiger charge is 2.17. The number of aromatic carboxylic acids is 1. The van der Waals surface area contributed by atoms with Crippen molar-refractivity contribution in [3.8, 4) is 5.75 Å². The average Bonchev–Trinajstić information content (AvgIpc) is 2.55. The Morgan fingerprint density at radius 1 is 1.22 bits per heavy atom. The number of carboxylic acid groups (broad SMARTS) is 1. The minimum Gasteiger partial charge on any atom is -0.496 e. The van der Waals surface area contributed by atoms with Gasteiger partial charge in [-0.15, -0.1) is 0 Å². The normalized spacial score (nSPS) is 10.2. The SMILES string of the molecule is CCc1cc(NC(=O)c2ccccc2OC)cc(C(=O)O)c1Cl. The van der Waals surface area contributed by atoms with Crippen LogP contribution in [0, 0.1) is 0 Å². The molecular formula is C17H16ClNO4. The number of carbonyl (C=O) groups excluding carboxylic acids is 1. The molecule has 0 fully saturated rings. The monoisotopic (exact) mass is 333 g/mol. The lowest BCUT2D eigenvalue weighted by Crippen LogP contribution is -2.14. The van der Waals surface area contributed by atoms with Gasteiger partial charge in [-0.3, -0.25) is 4.79 Å². The van der Waals surface area contributed by atoms with Gasteiger partial charge in [0.15, 0.2) is 0 Å². The highest BCUT2D eigenvalue weighted by molar-refractivity contribution is 6.34. The molecule has 0 spiro atoms. The zero-order valence-corrected chi connectivity index (χ0v) is 13.5. The number of hydrogen-bond donors (Lipinski definition) is 2. The van der Waals surface area contributed by atoms with Crippen LogP contribution in [0.4, 0.5) is 5.69 Å². The molecule has 2 N–H and O–H groups in total. The van der Waals surface area contributed by atoms with Gasteiger partial charge in [0.05, 0.1) is 23.3 Å². The Balaban J connectivity index is 2.38. The number of nitrogens with one attached hydrogen (secondary N) is 1. The van der Waals surface area contributed by atoms with E-state index in [1.807, 2.05) is 6.92 Å². The van der Waals surface area contributed by atoms with Gasteiger partial charge in [0.25, 0.3) is 5.91 Å². The van der Waals surface area contributed by atoms with Gasteiger partial charge >= 0.3 is 5.97 Å². The van der Waals surface area contributed by atoms with Crippen molar-refractivity contribution in [3.63, 3.8) is 0 Å². The molecule has 0 heterocycles. The van der Waals surface area contributed by atoms with E-state index in [-0.39, 0.29) is 16.5 Å². The maximum Gasteiger partial charge on any atom is 0.337 e. The van der Waals surface area contributed by atoms with Gasteiger partial charge in [-0.2, -0.15) is 0 Å². The molecule has 0 aliphatic rings. The summed E-state index contributed by atoms with van der Waals surface area (Å²) < 4.78 is 5.15. The lowest BCUT2D eigenvalue weighted by molar-refractivity contribution is 0.0696. The first kappa shape index (κ1) is 16.8. The number of hydrogen-bond acceptors (Lipinski definition) is 3. The van der Waals surface area contributed by atoms with Gasteiger partial charge in [-0.1, -0.05) is 30.7 Å². The predicted octanol–water partition coefficient (Wildman–Crippen LogP) is 3.86. The second-order valence-electron chi connectivity index (χ2n) is 4.81. The fourth-order valence-corrected chi connectivity index (χ4v) is 2.52. The summed E-state index contributed by atoms with van der Waals surface area (Å²) >= 11 is 6.06. The van der Waals surface area contributed by atoms with Crippen molar-refractivity contribution in [2.45, 2.75) is 13.3 Å². The molecule has 0 radical (unpaired) electrons. The molecule has 2 aromatic carbocycles. The maximum atomic E-state index is 12.4. The molecule has 0 unspecified atom stereocenters. The minimum atomic E-state index is -1.14. The Labute approximate surface area is 138 Å². The Morgan fingerprint density at radius 2 is 1.91 bits per heavy atom. The zero-order valence-electron chi connectivity index (χ0n) is 12.7. The van der Waals surface area contributed by atoms with Crippen molar-refractivity contribution in [1.82, 2.24) is 0 Å². The second kappa shape index (κ2) is 7.15. The van der Waals surface area contributed by atoms with Crippen molar-refractivity contribution in [2.75, 3.05) is 12.4 Å². The van der Waals surface area contributed by atoms with Crippen molar-refractivity contribution < 1.29 is 19.4 Å². The van der Waals surface area contributed by atoms with E-state index in [1.165, 1.54) is 13.2 Å². The summed E-state index contributed by atoms with van der Waals surface area (Å²) in [6, 6.07) is 9.80. The van der Waals surface area contributed by atoms with Crippen LogP contribution in [0.15, 0.2) is 36.4 Å². The first-order chi connectivity index (χ1) is 11.0. The average molecular weight is 334 g/mol. The first-order valence-electron chi connectivity index (χ1n) is 6.98. The second-order valence-corrected chi connectivity index (χ2v) is 5.19. The molecule has 5 nitrogen and oxygen atoms in total. The van der Waals surface area contributed by atoms with Gasteiger partial charge in [0.2, 0.25) is 0 Å². The van der Waals surface area contributed by atoms with Crippen LogP contribution < -0.4 is 10.1 Å². The number of carboxylic acids is 1. The van der Waals surface area contributed by atoms with Gasteiger partial charge in [-0.25, -0.2) is 4.79 Å². The van der Waals surface area contributed by atoms with E-state index in [4.69, 9.17) is 16.3 Å². The van der Waals surface area contributed by atoms with E-state index in [2.05, 4.69) is 5.32 Å². The maximum absolute atomic E-state index is 12.4. The molecule has 1 amide bonds. The Hall–Kier alpha value is -2.53. The van der Waals surface area contributed by atoms with Crippen molar-refractivity contribution in [3.05, 3.63) is 58.1 Å². The van der Waals surface area contributed by atoms with E-state index < -0.39 is 5.97 Å². The Kier molecular flexibility index (Phi) is 5.24. The number of ether oxygens (including phenoxy) is 1. The number of halogens is 1. The fourth-order valence-electron chi connectivity index (χ4n) is 2.20. The van der Waals surface area contributed by atoms with Gasteiger partial charge < -0.3 is 15.2 Å². The van der Waals surface area contributed by atoms with Gasteiger partial charge in [0, 0.05) is 5.69 Å². The molecular weight excluding hydrogens is 318 g/mol. The molecule has 0 bridgehead atoms. The summed E-state index contributed by atoms with van der Waals surface area (Å²) in [5.41, 5.74) is 1.35. The number of amides is 1. The van der Waals surface area contributed by atoms with Crippen LogP contribution >= 0.6 is 11.6 Å². The van der Waals surface area contributed by atoms with E-state index in [0.717, 1.165) is 0 Å². The number of carbonyl (C=O) groups is 2. The van der Waals surface area contributed by atoms with E-state index >= 15 is 0 Å². The van der Waals surface area contributed by atoms with E-state index in [0.29, 0.717) is 29.0 Å². The molecule has 6 heteroatoms. The molecule has 0 aliphatic carbocycles. The Morgan fingerprint density at radius 3 is 2.52 bits per heavy atom. The summed E-state index contributed by atoms with van der Waals surface area (Å²) in [4.78, 5) is 23.7. The van der Waals surface area contributed by atoms with Crippen LogP contribution in [0.25, 0.3) is 0 Å². The van der Waals surface area contributed by atoms with Crippen LogP contribution in [-0.2, 0) is 6.42 Å². The van der Waals surface area contributed by atoms with Gasteiger partial charge in [-0.05, 0) is 36.2 Å². The summed E-state index contributed by atoms with van der Waals surface area (Å²) in [5, 5.41) is 12.1. The smallest absolute Gasteiger partial charge is 0.337 e. The molecule has 0 saturated carbocycles. The summed E-state index contributed by atoms with van der Waals surface area (Å²) in [6.45, 7) is 1.86. The zero-order chi connectivity index (χ0) is 17.0. The topological polar surface area (TPSA) is 75.6 Å². The van der Waals surface area contributed by atoms with E-state index in [1.54, 1.807) is 30.3 Å². The third-order valence-electron chi connectivity index (χ3n) is 3.37. The Bertz CT molecular complexity index is 758. The third-order valence-corrected chi connectivity index (χ3v) is 3.82.